The molecule has 1 heterocycles. The maximum Gasteiger partial charge on any atom is 0.0246 e. The van der Waals surface area contributed by atoms with Crippen LogP contribution < -0.4 is 5.32 Å². The van der Waals surface area contributed by atoms with Gasteiger partial charge >= 0.3 is 0 Å². The molecule has 1 aliphatic heterocycles. The Bertz CT molecular complexity index is 121. The number of hydrogen-bond donors (Lipinski definition) is 1. The van der Waals surface area contributed by atoms with E-state index in [4.69, 9.17) is 0 Å². The fourth-order valence-corrected chi connectivity index (χ4v) is 2.15. The van der Waals surface area contributed by atoms with Crippen LogP contribution in [0, 0.1) is 5.92 Å². The molecule has 2 nitrogen and oxygen atoms in total. The van der Waals surface area contributed by atoms with Crippen LogP contribution in [-0.2, 0) is 0 Å². The number of nitrogens with one attached hydrogen (secondary N) is 1. The summed E-state index contributed by atoms with van der Waals surface area (Å²) in [6.45, 7) is 11.7. The molecule has 0 aromatic rings. The number of rotatable bonds is 3. The van der Waals surface area contributed by atoms with Gasteiger partial charge in [0.15, 0.2) is 0 Å². The van der Waals surface area contributed by atoms with Crippen LogP contribution in [0.2, 0.25) is 0 Å². The van der Waals surface area contributed by atoms with Crippen molar-refractivity contribution in [3.8, 4) is 0 Å². The second-order valence-electron chi connectivity index (χ2n) is 3.76. The first kappa shape index (κ1) is 10.0. The van der Waals surface area contributed by atoms with Crippen LogP contribution in [0.25, 0.3) is 0 Å². The largest absolute Gasteiger partial charge is 0.315 e. The Morgan fingerprint density at radius 1 is 1.33 bits per heavy atom. The van der Waals surface area contributed by atoms with Crippen LogP contribution in [0.4, 0.5) is 0 Å². The Hall–Kier alpha value is -0.0800. The predicted octanol–water partition coefficient (Wildman–Crippen LogP) is 1.33. The molecule has 2 unspecified atom stereocenters. The molecule has 72 valence electrons. The van der Waals surface area contributed by atoms with Gasteiger partial charge in [-0.1, -0.05) is 20.8 Å². The van der Waals surface area contributed by atoms with Crippen molar-refractivity contribution in [1.82, 2.24) is 10.2 Å². The summed E-state index contributed by atoms with van der Waals surface area (Å²) in [7, 11) is 0. The molecule has 1 aliphatic rings. The Balaban J connectivity index is 2.45. The summed E-state index contributed by atoms with van der Waals surface area (Å²) in [6, 6.07) is 0.772. The smallest absolute Gasteiger partial charge is 0.0246 e. The summed E-state index contributed by atoms with van der Waals surface area (Å²) in [6.07, 6.45) is 1.33. The molecule has 0 bridgehead atoms. The fraction of sp³-hybridized carbons (Fsp3) is 1.00. The van der Waals surface area contributed by atoms with E-state index in [1.807, 2.05) is 0 Å². The highest BCUT2D eigenvalue weighted by Crippen LogP contribution is 2.16. The van der Waals surface area contributed by atoms with E-state index < -0.39 is 0 Å². The maximum atomic E-state index is 3.47. The second-order valence-corrected chi connectivity index (χ2v) is 3.76. The van der Waals surface area contributed by atoms with E-state index in [2.05, 4.69) is 31.0 Å². The molecule has 1 rings (SSSR count). The quantitative estimate of drug-likeness (QED) is 0.687. The van der Waals surface area contributed by atoms with Crippen LogP contribution in [-0.4, -0.2) is 37.1 Å². The topological polar surface area (TPSA) is 15.3 Å². The molecule has 0 aromatic carbocycles. The van der Waals surface area contributed by atoms with Crippen LogP contribution >= 0.6 is 0 Å². The molecule has 1 N–H and O–H groups in total. The van der Waals surface area contributed by atoms with Gasteiger partial charge in [0.1, 0.15) is 0 Å². The summed E-state index contributed by atoms with van der Waals surface area (Å²) in [5, 5.41) is 3.47. The number of hydrogen-bond acceptors (Lipinski definition) is 2. The zero-order chi connectivity index (χ0) is 8.97. The molecule has 0 aromatic heterocycles. The third kappa shape index (κ3) is 2.20. The highest BCUT2D eigenvalue weighted by atomic mass is 15.2. The van der Waals surface area contributed by atoms with Crippen molar-refractivity contribution in [2.75, 3.05) is 26.2 Å². The van der Waals surface area contributed by atoms with Crippen LogP contribution in [0.3, 0.4) is 0 Å². The van der Waals surface area contributed by atoms with Crippen molar-refractivity contribution in [3.63, 3.8) is 0 Å². The minimum absolute atomic E-state index is 0.772. The minimum Gasteiger partial charge on any atom is -0.315 e. The average Bonchev–Trinajstić information content (AvgIpc) is 2.10. The molecular formula is C10H22N2. The Morgan fingerprint density at radius 3 is 2.50 bits per heavy atom. The second kappa shape index (κ2) is 4.83. The van der Waals surface area contributed by atoms with Gasteiger partial charge in [-0.2, -0.15) is 0 Å². The first-order valence-corrected chi connectivity index (χ1v) is 5.24. The predicted molar refractivity (Wildman–Crippen MR) is 53.4 cm³/mol. The van der Waals surface area contributed by atoms with E-state index in [-0.39, 0.29) is 0 Å². The SMILES string of the molecule is CCN(CC)C1CNCCC1C. The zero-order valence-corrected chi connectivity index (χ0v) is 8.64. The van der Waals surface area contributed by atoms with Crippen molar-refractivity contribution in [1.29, 1.82) is 0 Å². The third-order valence-electron chi connectivity index (χ3n) is 3.07. The molecular weight excluding hydrogens is 148 g/mol. The lowest BCUT2D eigenvalue weighted by molar-refractivity contribution is 0.135. The molecule has 0 aliphatic carbocycles. The molecule has 2 heteroatoms. The molecule has 0 radical (unpaired) electrons. The lowest BCUT2D eigenvalue weighted by atomic mass is 9.93. The van der Waals surface area contributed by atoms with E-state index in [0.717, 1.165) is 12.0 Å². The summed E-state index contributed by atoms with van der Waals surface area (Å²) < 4.78 is 0. The van der Waals surface area contributed by atoms with E-state index >= 15 is 0 Å². The monoisotopic (exact) mass is 170 g/mol. The van der Waals surface area contributed by atoms with Gasteiger partial charge in [0.25, 0.3) is 0 Å². The summed E-state index contributed by atoms with van der Waals surface area (Å²) in [5.41, 5.74) is 0. The molecule has 12 heavy (non-hydrogen) atoms. The van der Waals surface area contributed by atoms with Crippen molar-refractivity contribution >= 4 is 0 Å². The first-order valence-electron chi connectivity index (χ1n) is 5.24. The Morgan fingerprint density at radius 2 is 2.00 bits per heavy atom. The normalized spacial score (nSPS) is 31.0. The van der Waals surface area contributed by atoms with Gasteiger partial charge in [0, 0.05) is 12.6 Å². The Kier molecular flexibility index (Phi) is 4.02. The lowest BCUT2D eigenvalue weighted by Crippen LogP contribution is -2.50. The van der Waals surface area contributed by atoms with E-state index in [1.54, 1.807) is 0 Å². The van der Waals surface area contributed by atoms with Crippen molar-refractivity contribution in [2.24, 2.45) is 5.92 Å². The molecule has 0 amide bonds. The summed E-state index contributed by atoms with van der Waals surface area (Å²) >= 11 is 0. The van der Waals surface area contributed by atoms with Gasteiger partial charge in [-0.05, 0) is 32.0 Å². The van der Waals surface area contributed by atoms with Crippen molar-refractivity contribution in [2.45, 2.75) is 33.2 Å². The van der Waals surface area contributed by atoms with Crippen LogP contribution in [0.5, 0.6) is 0 Å². The van der Waals surface area contributed by atoms with E-state index in [1.165, 1.54) is 32.6 Å². The molecule has 1 fully saturated rings. The van der Waals surface area contributed by atoms with E-state index in [9.17, 15) is 0 Å². The maximum absolute atomic E-state index is 3.47. The number of likely N-dealkylation sites (N-methyl/N-ethyl adjacent to an activating group) is 1. The van der Waals surface area contributed by atoms with Gasteiger partial charge in [0.05, 0.1) is 0 Å². The summed E-state index contributed by atoms with van der Waals surface area (Å²) in [5.74, 6) is 0.867. The van der Waals surface area contributed by atoms with Crippen molar-refractivity contribution < 1.29 is 0 Å². The molecule has 0 spiro atoms. The summed E-state index contributed by atoms with van der Waals surface area (Å²) in [4.78, 5) is 2.57. The average molecular weight is 170 g/mol. The number of nitrogens with zero attached hydrogens (tertiary/aromatic N) is 1. The lowest BCUT2D eigenvalue weighted by Gasteiger charge is -2.37. The van der Waals surface area contributed by atoms with Gasteiger partial charge in [-0.3, -0.25) is 4.90 Å². The first-order chi connectivity index (χ1) is 5.79. The van der Waals surface area contributed by atoms with Gasteiger partial charge in [0.2, 0.25) is 0 Å². The van der Waals surface area contributed by atoms with Crippen LogP contribution in [0.15, 0.2) is 0 Å². The Labute approximate surface area is 76.3 Å². The standard InChI is InChI=1S/C10H22N2/c1-4-12(5-2)10-8-11-7-6-9(10)3/h9-11H,4-8H2,1-3H3. The van der Waals surface area contributed by atoms with Gasteiger partial charge in [-0.15, -0.1) is 0 Å². The molecule has 2 atom stereocenters. The highest BCUT2D eigenvalue weighted by Gasteiger charge is 2.24. The zero-order valence-electron chi connectivity index (χ0n) is 8.64. The molecule has 1 saturated heterocycles. The van der Waals surface area contributed by atoms with Crippen LogP contribution in [0.1, 0.15) is 27.2 Å². The molecule has 0 saturated carbocycles. The minimum atomic E-state index is 0.772. The fourth-order valence-electron chi connectivity index (χ4n) is 2.15. The van der Waals surface area contributed by atoms with Gasteiger partial charge < -0.3 is 5.32 Å². The van der Waals surface area contributed by atoms with Gasteiger partial charge in [-0.25, -0.2) is 0 Å². The highest BCUT2D eigenvalue weighted by molar-refractivity contribution is 4.82. The van der Waals surface area contributed by atoms with E-state index in [0.29, 0.717) is 0 Å². The third-order valence-corrected chi connectivity index (χ3v) is 3.07. The number of piperidine rings is 1. The van der Waals surface area contributed by atoms with Crippen molar-refractivity contribution in [3.05, 3.63) is 0 Å².